The van der Waals surface area contributed by atoms with Gasteiger partial charge in [-0.25, -0.2) is 0 Å². The molecule has 370 valence electrons. The number of carbonyl (C=O) groups excluding carboxylic acids is 2. The van der Waals surface area contributed by atoms with Crippen LogP contribution in [0.2, 0.25) is 0 Å². The molecule has 0 amide bonds. The van der Waals surface area contributed by atoms with E-state index in [1.165, 1.54) is 26.2 Å². The Morgan fingerprint density at radius 1 is 0.836 bits per heavy atom. The van der Waals surface area contributed by atoms with Crippen LogP contribution in [0.1, 0.15) is 47.1 Å². The van der Waals surface area contributed by atoms with E-state index >= 15 is 0 Å². The molecule has 0 aliphatic carbocycles. The highest BCUT2D eigenvalue weighted by atomic mass is 16.7. The summed E-state index contributed by atoms with van der Waals surface area (Å²) in [7, 11) is 1.44. The number of phenolic OH excluding ortho intramolecular Hbond substituents is 1. The second kappa shape index (κ2) is 21.1. The molecule has 3 aromatic rings. The van der Waals surface area contributed by atoms with Crippen LogP contribution in [-0.2, 0) is 44.4 Å². The van der Waals surface area contributed by atoms with Crippen LogP contribution >= 0.6 is 0 Å². The molecule has 0 bridgehead atoms. The quantitative estimate of drug-likeness (QED) is 0.0696. The number of esters is 2. The maximum Gasteiger partial charge on any atom is 0.303 e. The fraction of sp³-hybridized carbons (Fsp3) is 0.578. The second-order valence-corrected chi connectivity index (χ2v) is 17.1. The predicted octanol–water partition coefficient (Wildman–Crippen LogP) is -0.329. The van der Waals surface area contributed by atoms with Gasteiger partial charge < -0.3 is 93.0 Å². The molecule has 22 nitrogen and oxygen atoms in total. The number of ether oxygens (including phenoxy) is 9. The molecule has 6 rings (SSSR count). The van der Waals surface area contributed by atoms with Crippen molar-refractivity contribution in [1.29, 1.82) is 0 Å². The van der Waals surface area contributed by atoms with Gasteiger partial charge in [-0.05, 0) is 58.4 Å². The van der Waals surface area contributed by atoms with E-state index < -0.39 is 146 Å². The van der Waals surface area contributed by atoms with Gasteiger partial charge in [0.2, 0.25) is 23.8 Å². The lowest BCUT2D eigenvalue weighted by molar-refractivity contribution is -0.345. The zero-order valence-corrected chi connectivity index (χ0v) is 37.7. The third-order valence-corrected chi connectivity index (χ3v) is 11.8. The minimum absolute atomic E-state index is 0.00364. The van der Waals surface area contributed by atoms with Gasteiger partial charge in [-0.15, -0.1) is 0 Å². The van der Waals surface area contributed by atoms with Crippen molar-refractivity contribution in [3.63, 3.8) is 0 Å². The number of hydrogen-bond donors (Lipinski definition) is 9. The molecule has 15 atom stereocenters. The predicted molar refractivity (Wildman–Crippen MR) is 228 cm³/mol. The number of aliphatic hydroxyl groups is 8. The van der Waals surface area contributed by atoms with Gasteiger partial charge in [0.1, 0.15) is 95.4 Å². The molecule has 3 aliphatic rings. The molecule has 3 saturated heterocycles. The van der Waals surface area contributed by atoms with E-state index in [1.807, 2.05) is 0 Å². The number of methoxy groups -OCH3 is 1. The number of carbonyl (C=O) groups is 2. The number of fused-ring (bicyclic) bond motifs is 1. The molecule has 0 saturated carbocycles. The van der Waals surface area contributed by atoms with E-state index in [0.29, 0.717) is 5.75 Å². The van der Waals surface area contributed by atoms with E-state index in [2.05, 4.69) is 0 Å². The average molecular weight is 951 g/mol. The third kappa shape index (κ3) is 10.9. The van der Waals surface area contributed by atoms with Crippen LogP contribution in [0.4, 0.5) is 0 Å². The van der Waals surface area contributed by atoms with Gasteiger partial charge >= 0.3 is 11.9 Å². The minimum atomic E-state index is -2.27. The largest absolute Gasteiger partial charge is 0.507 e. The van der Waals surface area contributed by atoms with Gasteiger partial charge in [0, 0.05) is 31.0 Å². The Labute approximate surface area is 383 Å². The summed E-state index contributed by atoms with van der Waals surface area (Å²) in [6.45, 7) is 6.58. The van der Waals surface area contributed by atoms with Crippen LogP contribution in [0.25, 0.3) is 22.3 Å². The smallest absolute Gasteiger partial charge is 0.303 e. The Morgan fingerprint density at radius 3 is 2.12 bits per heavy atom. The number of aliphatic hydroxyl groups excluding tert-OH is 7. The second-order valence-electron chi connectivity index (χ2n) is 17.1. The Balaban J connectivity index is 1.43. The lowest BCUT2D eigenvalue weighted by Gasteiger charge is -2.47. The lowest BCUT2D eigenvalue weighted by Crippen LogP contribution is -2.66. The highest BCUT2D eigenvalue weighted by Crippen LogP contribution is 2.43. The maximum absolute atomic E-state index is 14.9. The van der Waals surface area contributed by atoms with Crippen molar-refractivity contribution >= 4 is 22.9 Å². The summed E-state index contributed by atoms with van der Waals surface area (Å²) in [6.07, 6.45) is -19.2. The molecule has 1 aromatic heterocycles. The summed E-state index contributed by atoms with van der Waals surface area (Å²) in [5.74, 6) is -4.06. The highest BCUT2D eigenvalue weighted by molar-refractivity contribution is 5.91. The topological polar surface area (TPSA) is 329 Å². The van der Waals surface area contributed by atoms with Crippen LogP contribution in [0.3, 0.4) is 0 Å². The average Bonchev–Trinajstić information content (AvgIpc) is 3.27. The van der Waals surface area contributed by atoms with Gasteiger partial charge in [-0.3, -0.25) is 14.4 Å². The Kier molecular flexibility index (Phi) is 16.2. The van der Waals surface area contributed by atoms with E-state index in [1.54, 1.807) is 32.1 Å². The first kappa shape index (κ1) is 51.4. The fourth-order valence-corrected chi connectivity index (χ4v) is 8.00. The first-order chi connectivity index (χ1) is 31.6. The maximum atomic E-state index is 14.9. The monoisotopic (exact) mass is 950 g/mol. The van der Waals surface area contributed by atoms with Crippen molar-refractivity contribution in [1.82, 2.24) is 0 Å². The van der Waals surface area contributed by atoms with Crippen LogP contribution in [0.15, 0.2) is 51.2 Å². The van der Waals surface area contributed by atoms with Crippen LogP contribution in [-0.4, -0.2) is 170 Å². The summed E-state index contributed by atoms with van der Waals surface area (Å²) in [5.41, 5.74) is -2.29. The fourth-order valence-electron chi connectivity index (χ4n) is 8.00. The molecule has 2 aromatic carbocycles. The SMILES string of the molecule is COc1ccc(-c2oc3c(CC=C(C)C)c(O[C@H]4O[C@H](CO)[C@@H](O)[C@H](O)[C@H]4O)cc(O)c3c(=O)c2O[C@H]2O[C@@H](C)[C@H](OC(C)=O)[C@@H](CO[C@@H]3O[C@H](COC(C)=O)[C@@H](O)[C@H](O)[C@@]3(C)O)[C@H]2O)cc1. The Morgan fingerprint density at radius 2 is 1.51 bits per heavy atom. The molecule has 3 fully saturated rings. The van der Waals surface area contributed by atoms with Crippen molar-refractivity contribution in [2.75, 3.05) is 26.9 Å². The van der Waals surface area contributed by atoms with Gasteiger partial charge in [0.05, 0.1) is 32.3 Å². The highest BCUT2D eigenvalue weighted by Gasteiger charge is 2.54. The van der Waals surface area contributed by atoms with Gasteiger partial charge in [-0.1, -0.05) is 11.6 Å². The first-order valence-electron chi connectivity index (χ1n) is 21.4. The van der Waals surface area contributed by atoms with Gasteiger partial charge in [-0.2, -0.15) is 0 Å². The van der Waals surface area contributed by atoms with Crippen LogP contribution < -0.4 is 19.6 Å². The molecular weight excluding hydrogens is 892 g/mol. The van der Waals surface area contributed by atoms with Gasteiger partial charge in [0.15, 0.2) is 12.1 Å². The molecule has 67 heavy (non-hydrogen) atoms. The van der Waals surface area contributed by atoms with E-state index in [0.717, 1.165) is 32.4 Å². The molecular formula is C45H58O22. The van der Waals surface area contributed by atoms with E-state index in [-0.39, 0.29) is 34.6 Å². The van der Waals surface area contributed by atoms with Crippen molar-refractivity contribution < 1.29 is 103 Å². The summed E-state index contributed by atoms with van der Waals surface area (Å²) in [5, 5.41) is 97.3. The Bertz CT molecular complexity index is 2300. The molecule has 0 unspecified atom stereocenters. The summed E-state index contributed by atoms with van der Waals surface area (Å²) >= 11 is 0. The summed E-state index contributed by atoms with van der Waals surface area (Å²) < 4.78 is 57.9. The lowest BCUT2D eigenvalue weighted by atomic mass is 9.87. The minimum Gasteiger partial charge on any atom is -0.507 e. The number of benzene rings is 2. The summed E-state index contributed by atoms with van der Waals surface area (Å²) in [6, 6.07) is 7.23. The molecule has 22 heteroatoms. The zero-order valence-electron chi connectivity index (χ0n) is 37.7. The van der Waals surface area contributed by atoms with Crippen molar-refractivity contribution in [3.05, 3.63) is 57.8 Å². The number of aromatic hydroxyl groups is 1. The van der Waals surface area contributed by atoms with Gasteiger partial charge in [0.25, 0.3) is 0 Å². The van der Waals surface area contributed by atoms with Crippen molar-refractivity contribution in [2.24, 2.45) is 5.92 Å². The van der Waals surface area contributed by atoms with E-state index in [9.17, 15) is 60.3 Å². The zero-order chi connectivity index (χ0) is 49.2. The molecule has 9 N–H and O–H groups in total. The third-order valence-electron chi connectivity index (χ3n) is 11.8. The molecule has 4 heterocycles. The number of phenols is 1. The van der Waals surface area contributed by atoms with Crippen LogP contribution in [0, 0.1) is 5.92 Å². The molecule has 0 spiro atoms. The molecule has 3 aliphatic heterocycles. The van der Waals surface area contributed by atoms with Crippen LogP contribution in [0.5, 0.6) is 23.0 Å². The van der Waals surface area contributed by atoms with Crippen molar-refractivity contribution in [2.45, 2.75) is 133 Å². The standard InChI is InChI=1S/C45H58O22/c1-18(2)8-13-24-27(63-43-36(55)35(54)32(51)28(15-46)64-43)14-26(49)30-34(53)40(38(66-39(24)30)22-9-11-23(58-7)12-10-22)67-42-31(50)25(37(19(3)61-42)62-21(5)48)16-60-44-45(6,57)41(56)33(52)29(65-44)17-59-20(4)47/h8-12,14,19,25,28-29,31-33,35-37,41-44,46,49-52,54-57H,13,15-17H2,1-7H3/t19-,25-,28+,29+,31+,32+,33+,35-,36+,37-,41-,42+,43-,44+,45+/m0/s1. The number of allylic oxidation sites excluding steroid dienone is 2. The number of rotatable bonds is 15. The number of hydrogen-bond acceptors (Lipinski definition) is 22. The Hall–Kier alpha value is -4.95. The normalized spacial score (nSPS) is 33.1. The van der Waals surface area contributed by atoms with Crippen molar-refractivity contribution in [3.8, 4) is 34.3 Å². The van der Waals surface area contributed by atoms with E-state index in [4.69, 9.17) is 47.0 Å². The molecule has 0 radical (unpaired) electrons. The summed E-state index contributed by atoms with van der Waals surface area (Å²) in [4.78, 5) is 38.8. The first-order valence-corrected chi connectivity index (χ1v) is 21.4.